The lowest BCUT2D eigenvalue weighted by Gasteiger charge is -2.19. The normalized spacial score (nSPS) is 14.9. The number of carbonyl (C=O) groups is 1. The summed E-state index contributed by atoms with van der Waals surface area (Å²) in [7, 11) is 0. The fourth-order valence-corrected chi connectivity index (χ4v) is 2.57. The lowest BCUT2D eigenvalue weighted by molar-refractivity contribution is -0.136. The maximum atomic E-state index is 11.0. The number of aliphatic carboxylic acids is 1. The molecule has 0 aliphatic carbocycles. The van der Waals surface area contributed by atoms with Crippen LogP contribution in [0.15, 0.2) is 0 Å². The number of nitrogens with zero attached hydrogens (tertiary/aromatic N) is 3. The average Bonchev–Trinajstić information content (AvgIpc) is 2.92. The van der Waals surface area contributed by atoms with Crippen LogP contribution in [0.1, 0.15) is 43.6 Å². The Morgan fingerprint density at radius 3 is 2.11 bits per heavy atom. The molecule has 1 aromatic rings. The summed E-state index contributed by atoms with van der Waals surface area (Å²) in [6, 6.07) is 0. The number of hydrogen-bond donors (Lipinski definition) is 1. The van der Waals surface area contributed by atoms with Gasteiger partial charge in [0.1, 0.15) is 0 Å². The maximum absolute atomic E-state index is 11.0. The molecule has 1 saturated heterocycles. The van der Waals surface area contributed by atoms with Gasteiger partial charge in [-0.1, -0.05) is 13.8 Å². The molecule has 1 N–H and O–H groups in total. The second kappa shape index (κ2) is 5.99. The van der Waals surface area contributed by atoms with Crippen molar-refractivity contribution in [2.45, 2.75) is 46.0 Å². The predicted molar refractivity (Wildman–Crippen MR) is 73.6 cm³/mol. The van der Waals surface area contributed by atoms with Crippen molar-refractivity contribution < 1.29 is 9.90 Å². The Morgan fingerprint density at radius 2 is 1.68 bits per heavy atom. The number of anilines is 1. The van der Waals surface area contributed by atoms with Crippen molar-refractivity contribution in [3.63, 3.8) is 0 Å². The molecule has 0 unspecified atom stereocenters. The molecule has 0 saturated carbocycles. The summed E-state index contributed by atoms with van der Waals surface area (Å²) in [4.78, 5) is 22.4. The van der Waals surface area contributed by atoms with Crippen molar-refractivity contribution in [3.8, 4) is 0 Å². The summed E-state index contributed by atoms with van der Waals surface area (Å²) >= 11 is 0. The molecule has 2 heterocycles. The third-order valence-electron chi connectivity index (χ3n) is 3.55. The molecule has 0 spiro atoms. The van der Waals surface area contributed by atoms with Crippen LogP contribution in [0.4, 0.5) is 5.95 Å². The minimum absolute atomic E-state index is 0.0205. The zero-order chi connectivity index (χ0) is 13.8. The lowest BCUT2D eigenvalue weighted by Crippen LogP contribution is -2.23. The van der Waals surface area contributed by atoms with E-state index in [1.807, 2.05) is 13.8 Å². The van der Waals surface area contributed by atoms with E-state index in [2.05, 4.69) is 14.9 Å². The van der Waals surface area contributed by atoms with Crippen LogP contribution in [0.5, 0.6) is 0 Å². The van der Waals surface area contributed by atoms with Gasteiger partial charge < -0.3 is 10.0 Å². The van der Waals surface area contributed by atoms with Gasteiger partial charge in [0.15, 0.2) is 0 Å². The predicted octanol–water partition coefficient (Wildman–Crippen LogP) is 1.83. The highest BCUT2D eigenvalue weighted by Gasteiger charge is 2.20. The fraction of sp³-hybridized carbons (Fsp3) is 0.643. The standard InChI is InChI=1S/C14H21N3O2/c1-3-11-10(9-13(18)19)12(4-2)16-14(15-11)17-7-5-6-8-17/h3-9H2,1-2H3,(H,18,19). The largest absolute Gasteiger partial charge is 0.481 e. The van der Waals surface area contributed by atoms with E-state index in [1.165, 1.54) is 12.8 Å². The Hall–Kier alpha value is -1.65. The molecule has 1 fully saturated rings. The number of aromatic nitrogens is 2. The van der Waals surface area contributed by atoms with Crippen LogP contribution in [0.2, 0.25) is 0 Å². The van der Waals surface area contributed by atoms with E-state index in [1.54, 1.807) is 0 Å². The SMILES string of the molecule is CCc1nc(N2CCCC2)nc(CC)c1CC(=O)O. The molecule has 0 aromatic carbocycles. The summed E-state index contributed by atoms with van der Waals surface area (Å²) in [5.41, 5.74) is 2.58. The highest BCUT2D eigenvalue weighted by Crippen LogP contribution is 2.21. The molecule has 0 radical (unpaired) electrons. The molecule has 5 heteroatoms. The van der Waals surface area contributed by atoms with Gasteiger partial charge in [0, 0.05) is 30.0 Å². The van der Waals surface area contributed by atoms with Gasteiger partial charge in [0.05, 0.1) is 6.42 Å². The van der Waals surface area contributed by atoms with E-state index < -0.39 is 5.97 Å². The maximum Gasteiger partial charge on any atom is 0.307 e. The first kappa shape index (κ1) is 13.8. The van der Waals surface area contributed by atoms with Crippen molar-refractivity contribution in [2.24, 2.45) is 0 Å². The van der Waals surface area contributed by atoms with Crippen molar-refractivity contribution >= 4 is 11.9 Å². The van der Waals surface area contributed by atoms with Crippen molar-refractivity contribution in [2.75, 3.05) is 18.0 Å². The molecule has 0 atom stereocenters. The second-order valence-electron chi connectivity index (χ2n) is 4.87. The number of hydrogen-bond acceptors (Lipinski definition) is 4. The molecule has 1 aliphatic heterocycles. The molecule has 2 rings (SSSR count). The molecule has 19 heavy (non-hydrogen) atoms. The van der Waals surface area contributed by atoms with Gasteiger partial charge in [0.2, 0.25) is 5.95 Å². The summed E-state index contributed by atoms with van der Waals surface area (Å²) in [6.45, 7) is 6.04. The van der Waals surface area contributed by atoms with Crippen LogP contribution < -0.4 is 4.90 Å². The van der Waals surface area contributed by atoms with E-state index in [-0.39, 0.29) is 6.42 Å². The Kier molecular flexibility index (Phi) is 4.35. The van der Waals surface area contributed by atoms with Gasteiger partial charge in [-0.2, -0.15) is 0 Å². The summed E-state index contributed by atoms with van der Waals surface area (Å²) in [5, 5.41) is 9.02. The van der Waals surface area contributed by atoms with Crippen LogP contribution >= 0.6 is 0 Å². The van der Waals surface area contributed by atoms with Gasteiger partial charge >= 0.3 is 5.97 Å². The fourth-order valence-electron chi connectivity index (χ4n) is 2.57. The molecular formula is C14H21N3O2. The van der Waals surface area contributed by atoms with E-state index >= 15 is 0 Å². The van der Waals surface area contributed by atoms with Crippen LogP contribution in [0.3, 0.4) is 0 Å². The van der Waals surface area contributed by atoms with Crippen LogP contribution in [0.25, 0.3) is 0 Å². The summed E-state index contributed by atoms with van der Waals surface area (Å²) in [5.74, 6) is -0.0396. The van der Waals surface area contributed by atoms with Gasteiger partial charge in [-0.3, -0.25) is 4.79 Å². The Bertz CT molecular complexity index is 443. The minimum Gasteiger partial charge on any atom is -0.481 e. The lowest BCUT2D eigenvalue weighted by atomic mass is 10.0. The Balaban J connectivity index is 2.40. The summed E-state index contributed by atoms with van der Waals surface area (Å²) in [6.07, 6.45) is 3.89. The van der Waals surface area contributed by atoms with E-state index in [0.29, 0.717) is 0 Å². The van der Waals surface area contributed by atoms with Crippen molar-refractivity contribution in [3.05, 3.63) is 17.0 Å². The molecule has 0 amide bonds. The van der Waals surface area contributed by atoms with E-state index in [0.717, 1.165) is 48.8 Å². The zero-order valence-electron chi connectivity index (χ0n) is 11.6. The molecule has 104 valence electrons. The Morgan fingerprint density at radius 1 is 1.16 bits per heavy atom. The van der Waals surface area contributed by atoms with Gasteiger partial charge in [-0.05, 0) is 25.7 Å². The first-order valence-corrected chi connectivity index (χ1v) is 7.01. The average molecular weight is 263 g/mol. The monoisotopic (exact) mass is 263 g/mol. The van der Waals surface area contributed by atoms with E-state index in [9.17, 15) is 4.79 Å². The third kappa shape index (κ3) is 3.03. The molecule has 1 aliphatic rings. The quantitative estimate of drug-likeness (QED) is 0.878. The Labute approximate surface area is 113 Å². The number of carboxylic acid groups (broad SMARTS) is 1. The second-order valence-corrected chi connectivity index (χ2v) is 4.87. The number of aryl methyl sites for hydroxylation is 2. The van der Waals surface area contributed by atoms with E-state index in [4.69, 9.17) is 5.11 Å². The number of rotatable bonds is 5. The highest BCUT2D eigenvalue weighted by molar-refractivity contribution is 5.71. The number of carboxylic acids is 1. The molecule has 1 aromatic heterocycles. The third-order valence-corrected chi connectivity index (χ3v) is 3.55. The van der Waals surface area contributed by atoms with Gasteiger partial charge in [-0.25, -0.2) is 9.97 Å². The first-order valence-electron chi connectivity index (χ1n) is 7.01. The molecular weight excluding hydrogens is 242 g/mol. The van der Waals surface area contributed by atoms with Crippen molar-refractivity contribution in [1.29, 1.82) is 0 Å². The zero-order valence-corrected chi connectivity index (χ0v) is 11.6. The van der Waals surface area contributed by atoms with Crippen LogP contribution in [0, 0.1) is 0 Å². The smallest absolute Gasteiger partial charge is 0.307 e. The highest BCUT2D eigenvalue weighted by atomic mass is 16.4. The van der Waals surface area contributed by atoms with Crippen molar-refractivity contribution in [1.82, 2.24) is 9.97 Å². The van der Waals surface area contributed by atoms with Gasteiger partial charge in [0.25, 0.3) is 0 Å². The molecule has 0 bridgehead atoms. The van der Waals surface area contributed by atoms with Crippen LogP contribution in [-0.2, 0) is 24.1 Å². The first-order chi connectivity index (χ1) is 9.15. The minimum atomic E-state index is -0.818. The van der Waals surface area contributed by atoms with Crippen LogP contribution in [-0.4, -0.2) is 34.1 Å². The summed E-state index contributed by atoms with van der Waals surface area (Å²) < 4.78 is 0. The molecule has 5 nitrogen and oxygen atoms in total. The van der Waals surface area contributed by atoms with Gasteiger partial charge in [-0.15, -0.1) is 0 Å². The topological polar surface area (TPSA) is 66.3 Å².